The molecule has 1 saturated carbocycles. The molecule has 0 radical (unpaired) electrons. The van der Waals surface area contributed by atoms with Gasteiger partial charge in [-0.1, -0.05) is 31.0 Å². The first-order valence-electron chi connectivity index (χ1n) is 12.4. The number of rotatable bonds is 5. The Morgan fingerprint density at radius 2 is 1.95 bits per heavy atom. The Kier molecular flexibility index (Phi) is 5.28. The fraction of sp³-hybridized carbons (Fsp3) is 0.179. The number of thiophene rings is 1. The number of para-hydroxylation sites is 1. The third-order valence-electron chi connectivity index (χ3n) is 7.00. The largest absolute Gasteiger partial charge is 0.337 e. The Balaban J connectivity index is 1.25. The van der Waals surface area contributed by atoms with Crippen molar-refractivity contribution in [2.75, 3.05) is 5.32 Å². The monoisotopic (exact) mass is 505 g/mol. The number of aromatic amines is 2. The molecule has 0 atom stereocenters. The van der Waals surface area contributed by atoms with Gasteiger partial charge in [-0.15, -0.1) is 11.3 Å². The molecule has 0 aliphatic heterocycles. The number of carbonyl (C=O) groups is 1. The number of carbonyl (C=O) groups excluding carboxylic acids is 1. The first-order valence-corrected chi connectivity index (χ1v) is 13.2. The lowest BCUT2D eigenvalue weighted by Crippen LogP contribution is -2.20. The van der Waals surface area contributed by atoms with Gasteiger partial charge >= 0.3 is 0 Å². The van der Waals surface area contributed by atoms with Crippen molar-refractivity contribution in [2.24, 2.45) is 5.92 Å². The van der Waals surface area contributed by atoms with Crippen molar-refractivity contribution in [1.29, 1.82) is 0 Å². The van der Waals surface area contributed by atoms with E-state index in [1.54, 1.807) is 29.9 Å². The summed E-state index contributed by atoms with van der Waals surface area (Å²) in [6.07, 6.45) is 9.35. The third-order valence-corrected chi connectivity index (χ3v) is 7.90. The van der Waals surface area contributed by atoms with E-state index >= 15 is 0 Å². The third kappa shape index (κ3) is 3.97. The molecular formula is C28H23N7OS. The summed E-state index contributed by atoms with van der Waals surface area (Å²) < 4.78 is 0. The molecule has 5 heterocycles. The lowest BCUT2D eigenvalue weighted by atomic mass is 10.1. The summed E-state index contributed by atoms with van der Waals surface area (Å²) in [5.41, 5.74) is 6.77. The highest BCUT2D eigenvalue weighted by Gasteiger charge is 2.23. The minimum atomic E-state index is 0.0729. The number of hydrogen-bond donors (Lipinski definition) is 3. The molecule has 0 unspecified atom stereocenters. The number of nitrogens with zero attached hydrogens (tertiary/aromatic N) is 4. The molecule has 6 aromatic rings. The van der Waals surface area contributed by atoms with Gasteiger partial charge in [-0.3, -0.25) is 19.9 Å². The Labute approximate surface area is 216 Å². The van der Waals surface area contributed by atoms with Gasteiger partial charge in [0.05, 0.1) is 40.3 Å². The number of amides is 1. The second kappa shape index (κ2) is 8.94. The van der Waals surface area contributed by atoms with Crippen molar-refractivity contribution >= 4 is 44.9 Å². The Morgan fingerprint density at radius 1 is 1.03 bits per heavy atom. The van der Waals surface area contributed by atoms with Crippen molar-refractivity contribution in [1.82, 2.24) is 30.1 Å². The van der Waals surface area contributed by atoms with Gasteiger partial charge in [-0.2, -0.15) is 5.10 Å². The molecule has 0 saturated heterocycles. The zero-order valence-electron chi connectivity index (χ0n) is 19.9. The number of pyridine rings is 2. The molecule has 37 heavy (non-hydrogen) atoms. The van der Waals surface area contributed by atoms with Crippen LogP contribution in [-0.2, 0) is 4.79 Å². The van der Waals surface area contributed by atoms with E-state index in [1.165, 1.54) is 4.88 Å². The fourth-order valence-corrected chi connectivity index (χ4v) is 5.86. The van der Waals surface area contributed by atoms with Gasteiger partial charge in [0.1, 0.15) is 5.69 Å². The number of imidazole rings is 1. The van der Waals surface area contributed by atoms with Crippen LogP contribution in [0.2, 0.25) is 0 Å². The number of benzene rings is 1. The molecule has 5 aromatic heterocycles. The molecule has 1 amide bonds. The Hall–Kier alpha value is -4.37. The highest BCUT2D eigenvalue weighted by molar-refractivity contribution is 7.13. The van der Waals surface area contributed by atoms with E-state index in [-0.39, 0.29) is 11.8 Å². The Morgan fingerprint density at radius 3 is 2.81 bits per heavy atom. The molecule has 0 bridgehead atoms. The van der Waals surface area contributed by atoms with Crippen LogP contribution in [0.25, 0.3) is 55.2 Å². The second-order valence-electron chi connectivity index (χ2n) is 9.38. The van der Waals surface area contributed by atoms with E-state index in [0.717, 1.165) is 70.1 Å². The molecule has 9 heteroatoms. The maximum atomic E-state index is 12.6. The van der Waals surface area contributed by atoms with Crippen molar-refractivity contribution in [3.05, 3.63) is 66.4 Å². The van der Waals surface area contributed by atoms with Gasteiger partial charge in [0, 0.05) is 33.5 Å². The highest BCUT2D eigenvalue weighted by atomic mass is 32.1. The van der Waals surface area contributed by atoms with Gasteiger partial charge in [0.25, 0.3) is 0 Å². The molecule has 1 aliphatic carbocycles. The second-order valence-corrected chi connectivity index (χ2v) is 10.3. The van der Waals surface area contributed by atoms with E-state index in [9.17, 15) is 4.79 Å². The summed E-state index contributed by atoms with van der Waals surface area (Å²) in [4.78, 5) is 31.1. The Bertz CT molecular complexity index is 1750. The molecular weight excluding hydrogens is 482 g/mol. The topological polar surface area (TPSA) is 112 Å². The van der Waals surface area contributed by atoms with Gasteiger partial charge < -0.3 is 10.3 Å². The summed E-state index contributed by atoms with van der Waals surface area (Å²) in [7, 11) is 0. The van der Waals surface area contributed by atoms with Crippen LogP contribution in [0, 0.1) is 5.92 Å². The summed E-state index contributed by atoms with van der Waals surface area (Å²) in [5, 5.41) is 13.6. The van der Waals surface area contributed by atoms with Crippen LogP contribution in [0.3, 0.4) is 0 Å². The van der Waals surface area contributed by atoms with Crippen LogP contribution in [-0.4, -0.2) is 36.0 Å². The summed E-state index contributed by atoms with van der Waals surface area (Å²) in [5.74, 6) is 0.859. The first-order chi connectivity index (χ1) is 18.2. The van der Waals surface area contributed by atoms with Crippen molar-refractivity contribution in [3.63, 3.8) is 0 Å². The zero-order chi connectivity index (χ0) is 24.8. The number of H-pyrrole nitrogens is 2. The number of fused-ring (bicyclic) bond motifs is 2. The maximum Gasteiger partial charge on any atom is 0.227 e. The number of aromatic nitrogens is 6. The maximum absolute atomic E-state index is 12.6. The molecule has 1 fully saturated rings. The normalized spacial score (nSPS) is 14.1. The highest BCUT2D eigenvalue weighted by Crippen LogP contribution is 2.34. The quantitative estimate of drug-likeness (QED) is 0.250. The van der Waals surface area contributed by atoms with Crippen LogP contribution in [0.1, 0.15) is 25.7 Å². The lowest BCUT2D eigenvalue weighted by molar-refractivity contribution is -0.119. The molecule has 1 aromatic carbocycles. The summed E-state index contributed by atoms with van der Waals surface area (Å²) in [6.45, 7) is 0. The minimum Gasteiger partial charge on any atom is -0.337 e. The van der Waals surface area contributed by atoms with Gasteiger partial charge in [0.15, 0.2) is 5.82 Å². The van der Waals surface area contributed by atoms with Gasteiger partial charge in [0.2, 0.25) is 5.91 Å². The van der Waals surface area contributed by atoms with Crippen LogP contribution in [0.5, 0.6) is 0 Å². The van der Waals surface area contributed by atoms with E-state index in [1.807, 2.05) is 30.3 Å². The number of hydrogen-bond acceptors (Lipinski definition) is 6. The first kappa shape index (κ1) is 21.9. The zero-order valence-corrected chi connectivity index (χ0v) is 20.7. The number of anilines is 1. The van der Waals surface area contributed by atoms with Gasteiger partial charge in [-0.05, 0) is 42.5 Å². The van der Waals surface area contributed by atoms with Crippen LogP contribution < -0.4 is 5.32 Å². The summed E-state index contributed by atoms with van der Waals surface area (Å²) in [6, 6.07) is 14.2. The van der Waals surface area contributed by atoms with Crippen molar-refractivity contribution < 1.29 is 4.79 Å². The molecule has 182 valence electrons. The lowest BCUT2D eigenvalue weighted by Gasteiger charge is -2.11. The smallest absolute Gasteiger partial charge is 0.227 e. The van der Waals surface area contributed by atoms with E-state index in [0.29, 0.717) is 11.5 Å². The minimum absolute atomic E-state index is 0.0729. The van der Waals surface area contributed by atoms with Gasteiger partial charge in [-0.25, -0.2) is 4.98 Å². The number of nitrogens with one attached hydrogen (secondary N) is 3. The molecule has 7 rings (SSSR count). The van der Waals surface area contributed by atoms with Crippen LogP contribution in [0.15, 0.2) is 66.4 Å². The molecule has 0 spiro atoms. The van der Waals surface area contributed by atoms with Crippen molar-refractivity contribution in [2.45, 2.75) is 25.7 Å². The van der Waals surface area contributed by atoms with Crippen LogP contribution >= 0.6 is 11.3 Å². The van der Waals surface area contributed by atoms with E-state index < -0.39 is 0 Å². The van der Waals surface area contributed by atoms with Crippen LogP contribution in [0.4, 0.5) is 5.69 Å². The van der Waals surface area contributed by atoms with Crippen molar-refractivity contribution in [3.8, 4) is 33.2 Å². The predicted molar refractivity (Wildman–Crippen MR) is 146 cm³/mol. The molecule has 1 aliphatic rings. The SMILES string of the molecule is O=C(Nc1cncc(-c2cc3c(-c4nc5c(-c6cccs6)cccc5[nH]4)n[nH]c3cn2)c1)C1CCCC1. The van der Waals surface area contributed by atoms with E-state index in [2.05, 4.69) is 48.0 Å². The predicted octanol–water partition coefficient (Wildman–Crippen LogP) is 6.42. The standard InChI is InChI=1S/C28H23N7OS/c36-28(16-5-1-2-6-16)31-18-11-17(13-29-14-18)22-12-20-23(15-30-22)34-35-26(20)27-32-21-8-3-7-19(25(21)33-27)24-9-4-10-37-24/h3-4,7-16H,1-2,5-6H2,(H,31,36)(H,32,33)(H,34,35). The van der Waals surface area contributed by atoms with E-state index in [4.69, 9.17) is 4.98 Å². The average Bonchev–Trinajstić information content (AvgIpc) is 3.74. The summed E-state index contributed by atoms with van der Waals surface area (Å²) >= 11 is 1.70. The molecule has 3 N–H and O–H groups in total. The molecule has 8 nitrogen and oxygen atoms in total. The fourth-order valence-electron chi connectivity index (χ4n) is 5.11. The average molecular weight is 506 g/mol.